The van der Waals surface area contributed by atoms with Gasteiger partial charge in [-0.1, -0.05) is 18.2 Å². The Kier molecular flexibility index (Phi) is 6.39. The molecule has 1 aliphatic heterocycles. The quantitative estimate of drug-likeness (QED) is 0.572. The molecule has 0 aliphatic carbocycles. The number of nitrogens with zero attached hydrogens (tertiary/aromatic N) is 3. The van der Waals surface area contributed by atoms with Gasteiger partial charge in [-0.3, -0.25) is 4.79 Å². The Morgan fingerprint density at radius 1 is 1.06 bits per heavy atom. The van der Waals surface area contributed by atoms with Gasteiger partial charge >= 0.3 is 5.97 Å². The molecule has 1 aliphatic rings. The van der Waals surface area contributed by atoms with Crippen molar-refractivity contribution in [3.63, 3.8) is 0 Å². The number of anilines is 2. The molecule has 166 valence electrons. The van der Waals surface area contributed by atoms with E-state index in [1.165, 1.54) is 24.6 Å². The molecule has 8 heteroatoms. The lowest BCUT2D eigenvalue weighted by Crippen LogP contribution is -2.22. The van der Waals surface area contributed by atoms with Crippen LogP contribution < -0.4 is 15.0 Å². The average Bonchev–Trinajstić information content (AvgIpc) is 3.50. The summed E-state index contributed by atoms with van der Waals surface area (Å²) in [4.78, 5) is 27.2. The second-order valence-corrected chi connectivity index (χ2v) is 7.64. The molecule has 1 N–H and O–H groups in total. The summed E-state index contributed by atoms with van der Waals surface area (Å²) in [6.45, 7) is 3.64. The van der Waals surface area contributed by atoms with Crippen LogP contribution in [0.15, 0.2) is 54.7 Å². The highest BCUT2D eigenvalue weighted by Crippen LogP contribution is 2.25. The fourth-order valence-electron chi connectivity index (χ4n) is 3.71. The van der Waals surface area contributed by atoms with E-state index in [9.17, 15) is 9.59 Å². The van der Waals surface area contributed by atoms with Gasteiger partial charge in [0, 0.05) is 24.5 Å². The molecule has 1 amide bonds. The number of hydrogen-bond donors (Lipinski definition) is 1. The first-order valence-electron chi connectivity index (χ1n) is 10.6. The molecule has 4 rings (SSSR count). The number of methoxy groups -OCH3 is 1. The van der Waals surface area contributed by atoms with Crippen molar-refractivity contribution >= 4 is 23.3 Å². The topological polar surface area (TPSA) is 85.7 Å². The van der Waals surface area contributed by atoms with Crippen LogP contribution in [-0.4, -0.2) is 48.5 Å². The zero-order chi connectivity index (χ0) is 22.5. The summed E-state index contributed by atoms with van der Waals surface area (Å²) < 4.78 is 12.0. The molecule has 0 radical (unpaired) electrons. The molecular formula is C24H26N4O4. The predicted octanol–water partition coefficient (Wildman–Crippen LogP) is 3.59. The standard InChI is InChI=1S/C24H26N4O4/c1-17-14-19(27-12-6-7-13-27)10-11-20(17)25-22(29)16-32-24(30)23-21(31-2)15-28(26-23)18-8-4-3-5-9-18/h3-5,8-11,14-15H,6-7,12-13,16H2,1-2H3,(H,25,29). The molecule has 0 unspecified atom stereocenters. The molecule has 2 heterocycles. The SMILES string of the molecule is COc1cn(-c2ccccc2)nc1C(=O)OCC(=O)Nc1ccc(N2CCCC2)cc1C. The number of benzene rings is 2. The molecular weight excluding hydrogens is 408 g/mol. The van der Waals surface area contributed by atoms with E-state index in [4.69, 9.17) is 9.47 Å². The summed E-state index contributed by atoms with van der Waals surface area (Å²) in [5.74, 6) is -0.878. The molecule has 1 fully saturated rings. The molecule has 32 heavy (non-hydrogen) atoms. The van der Waals surface area contributed by atoms with Gasteiger partial charge in [-0.25, -0.2) is 9.48 Å². The Balaban J connectivity index is 1.37. The third-order valence-electron chi connectivity index (χ3n) is 5.40. The lowest BCUT2D eigenvalue weighted by molar-refractivity contribution is -0.119. The van der Waals surface area contributed by atoms with Crippen LogP contribution in [0.3, 0.4) is 0 Å². The first kappa shape index (κ1) is 21.4. The van der Waals surface area contributed by atoms with Crippen LogP contribution in [0.4, 0.5) is 11.4 Å². The van der Waals surface area contributed by atoms with Crippen molar-refractivity contribution in [2.45, 2.75) is 19.8 Å². The molecule has 0 bridgehead atoms. The van der Waals surface area contributed by atoms with E-state index in [1.807, 2.05) is 49.4 Å². The number of carbonyl (C=O) groups is 2. The van der Waals surface area contributed by atoms with Crippen molar-refractivity contribution in [1.82, 2.24) is 9.78 Å². The molecule has 0 saturated carbocycles. The Hall–Kier alpha value is -3.81. The van der Waals surface area contributed by atoms with Gasteiger partial charge < -0.3 is 19.7 Å². The van der Waals surface area contributed by atoms with Crippen molar-refractivity contribution in [3.8, 4) is 11.4 Å². The van der Waals surface area contributed by atoms with Gasteiger partial charge in [-0.05, 0) is 55.7 Å². The number of nitrogens with one attached hydrogen (secondary N) is 1. The Bertz CT molecular complexity index is 1100. The van der Waals surface area contributed by atoms with Gasteiger partial charge in [0.15, 0.2) is 12.4 Å². The highest BCUT2D eigenvalue weighted by atomic mass is 16.5. The summed E-state index contributed by atoms with van der Waals surface area (Å²) in [5, 5.41) is 7.06. The van der Waals surface area contributed by atoms with Crippen molar-refractivity contribution in [3.05, 3.63) is 66.0 Å². The summed E-state index contributed by atoms with van der Waals surface area (Å²) in [6.07, 6.45) is 4.01. The first-order valence-corrected chi connectivity index (χ1v) is 10.6. The number of esters is 1. The molecule has 0 spiro atoms. The lowest BCUT2D eigenvalue weighted by Gasteiger charge is -2.19. The Morgan fingerprint density at radius 2 is 1.81 bits per heavy atom. The maximum Gasteiger partial charge on any atom is 0.363 e. The van der Waals surface area contributed by atoms with Gasteiger partial charge in [0.25, 0.3) is 5.91 Å². The lowest BCUT2D eigenvalue weighted by atomic mass is 10.1. The number of ether oxygens (including phenoxy) is 2. The van der Waals surface area contributed by atoms with Crippen LogP contribution in [0.1, 0.15) is 28.9 Å². The largest absolute Gasteiger partial charge is 0.493 e. The number of rotatable bonds is 7. The summed E-state index contributed by atoms with van der Waals surface area (Å²) in [5.41, 5.74) is 3.59. The van der Waals surface area contributed by atoms with Gasteiger partial charge in [0.1, 0.15) is 0 Å². The second-order valence-electron chi connectivity index (χ2n) is 7.64. The van der Waals surface area contributed by atoms with E-state index >= 15 is 0 Å². The number of aryl methyl sites for hydroxylation is 1. The van der Waals surface area contributed by atoms with E-state index < -0.39 is 18.5 Å². The first-order chi connectivity index (χ1) is 15.5. The number of para-hydroxylation sites is 1. The highest BCUT2D eigenvalue weighted by Gasteiger charge is 2.21. The number of amides is 1. The molecule has 3 aromatic rings. The zero-order valence-corrected chi connectivity index (χ0v) is 18.2. The number of hydrogen-bond acceptors (Lipinski definition) is 6. The fourth-order valence-corrected chi connectivity index (χ4v) is 3.71. The van der Waals surface area contributed by atoms with Crippen molar-refractivity contribution < 1.29 is 19.1 Å². The maximum atomic E-state index is 12.5. The third-order valence-corrected chi connectivity index (χ3v) is 5.40. The van der Waals surface area contributed by atoms with E-state index in [-0.39, 0.29) is 11.4 Å². The van der Waals surface area contributed by atoms with Crippen LogP contribution in [0.2, 0.25) is 0 Å². The maximum absolute atomic E-state index is 12.5. The minimum Gasteiger partial charge on any atom is -0.493 e. The van der Waals surface area contributed by atoms with Crippen LogP contribution in [0.25, 0.3) is 5.69 Å². The fraction of sp³-hybridized carbons (Fsp3) is 0.292. The molecule has 8 nitrogen and oxygen atoms in total. The minimum absolute atomic E-state index is 0.00954. The van der Waals surface area contributed by atoms with Crippen LogP contribution in [0, 0.1) is 6.92 Å². The van der Waals surface area contributed by atoms with Crippen molar-refractivity contribution in [2.75, 3.05) is 37.0 Å². The van der Waals surface area contributed by atoms with Gasteiger partial charge in [-0.15, -0.1) is 0 Å². The Labute approximate surface area is 186 Å². The summed E-state index contributed by atoms with van der Waals surface area (Å²) in [6, 6.07) is 15.3. The van der Waals surface area contributed by atoms with Crippen LogP contribution in [-0.2, 0) is 9.53 Å². The van der Waals surface area contributed by atoms with E-state index in [0.717, 1.165) is 30.0 Å². The van der Waals surface area contributed by atoms with Gasteiger partial charge in [0.05, 0.1) is 19.0 Å². The predicted molar refractivity (Wildman–Crippen MR) is 122 cm³/mol. The van der Waals surface area contributed by atoms with E-state index in [0.29, 0.717) is 5.69 Å². The van der Waals surface area contributed by atoms with Crippen LogP contribution >= 0.6 is 0 Å². The summed E-state index contributed by atoms with van der Waals surface area (Å²) >= 11 is 0. The number of aromatic nitrogens is 2. The molecule has 1 aromatic heterocycles. The van der Waals surface area contributed by atoms with E-state index in [1.54, 1.807) is 6.20 Å². The number of carbonyl (C=O) groups excluding carboxylic acids is 2. The molecule has 0 atom stereocenters. The highest BCUT2D eigenvalue weighted by molar-refractivity contribution is 5.96. The summed E-state index contributed by atoms with van der Waals surface area (Å²) in [7, 11) is 1.45. The van der Waals surface area contributed by atoms with E-state index in [2.05, 4.69) is 21.4 Å². The average molecular weight is 434 g/mol. The molecule has 2 aromatic carbocycles. The Morgan fingerprint density at radius 3 is 2.50 bits per heavy atom. The van der Waals surface area contributed by atoms with Crippen LogP contribution in [0.5, 0.6) is 5.75 Å². The molecule has 1 saturated heterocycles. The van der Waals surface area contributed by atoms with Crippen molar-refractivity contribution in [2.24, 2.45) is 0 Å². The minimum atomic E-state index is -0.729. The zero-order valence-electron chi connectivity index (χ0n) is 18.2. The second kappa shape index (κ2) is 9.55. The van der Waals surface area contributed by atoms with Crippen molar-refractivity contribution in [1.29, 1.82) is 0 Å². The van der Waals surface area contributed by atoms with Gasteiger partial charge in [0.2, 0.25) is 5.69 Å². The third kappa shape index (κ3) is 4.74. The van der Waals surface area contributed by atoms with Gasteiger partial charge in [-0.2, -0.15) is 5.10 Å². The normalized spacial score (nSPS) is 13.1. The monoisotopic (exact) mass is 434 g/mol. The smallest absolute Gasteiger partial charge is 0.363 e.